The molecule has 7 saturated heterocycles. The first-order valence-corrected chi connectivity index (χ1v) is 61.2. The average molecular weight is 2310 g/mol. The van der Waals surface area contributed by atoms with E-state index in [4.69, 9.17) is 203 Å². The Morgan fingerprint density at radius 2 is 0.658 bits per heavy atom. The van der Waals surface area contributed by atoms with Gasteiger partial charge in [0.2, 0.25) is 11.9 Å². The van der Waals surface area contributed by atoms with Crippen LogP contribution in [0.25, 0.3) is 33.5 Å². The Kier molecular flexibility index (Phi) is 32.9. The molecule has 796 valence electrons. The molecule has 0 spiro atoms. The molecule has 0 radical (unpaired) electrons. The molecular weight excluding hydrogens is 2220 g/mol. The second-order valence-electron chi connectivity index (χ2n) is 33.9. The number of aromatic amines is 5. The molecule has 17 heterocycles. The van der Waals surface area contributed by atoms with Gasteiger partial charge in [-0.15, -0.1) is 0 Å². The van der Waals surface area contributed by atoms with Gasteiger partial charge in [-0.1, -0.05) is 70.8 Å². The minimum atomic E-state index is -5.10. The number of anilines is 4. The highest BCUT2D eigenvalue weighted by Gasteiger charge is 2.49. The Labute approximate surface area is 853 Å². The third-order valence-electron chi connectivity index (χ3n) is 23.9. The molecule has 0 aromatic carbocycles. The summed E-state index contributed by atoms with van der Waals surface area (Å²) >= 11 is 37.9. The van der Waals surface area contributed by atoms with Gasteiger partial charge in [0.05, 0.1) is 107 Å². The standard InChI is InChI=1S/C71H93N24O37P7S7/c1-28-14-89(68(101)81-56(28)72)47-8-34(127-133(105,140)112-6)40(120-47)18-114-137(109,144)131-38-12-51(94-26-79-54-59(94)82-66(74)84-64(54)99)124-44(38)22-117-136(108,143)129-36-10-49(92-17-31(4)63(98)88-71(92)104)121-41(36)19-115-135(107,142)128-35-9-48(91-16-30(3)62(97)87-70(91)103)122-42(35)20-116-138(110,145)132-39-13-52(95-27-80-55-60(95)83-67(75)85-65(55)100)125-45(39)23-118-139(111,146)130-37-11-50(93-25-78-53-57(73)76-24-77-58(53)93)123-43(37)21-113-134(106,141)126-33-7-46(119-32(33)5)90-15-29(2)61(96)86-69(90)102/h14-17,24-27,32-52H,7-13,18-23H2,1-6H3,(H,105,140)(H,106,141)(H,107,142)(H,108,143)(H,109,144)(H,110,145)(H,111,146)(H2,72,81,101)(H2,73,76,77)(H,86,96,102)(H,87,97,103)(H,88,98,104)(H3,74,82,84,99)(H3,75,83,85,100)/p-7/t32-,33?,34?,35?,36?,37?,38?,39?,40-,41-,42-,43-,44-,45-,46-,47-,48-,49-,50-,51-,52-,133?,134?,135?,136?,137?,138?,139?/m1/s1. The van der Waals surface area contributed by atoms with E-state index < -0.39 is 286 Å². The van der Waals surface area contributed by atoms with E-state index in [0.717, 1.165) is 56.8 Å². The highest BCUT2D eigenvalue weighted by Crippen LogP contribution is 2.57. The van der Waals surface area contributed by atoms with E-state index in [9.17, 15) is 72.5 Å². The van der Waals surface area contributed by atoms with Crippen molar-refractivity contribution in [1.82, 2.24) is 96.8 Å². The van der Waals surface area contributed by atoms with E-state index in [1.54, 1.807) is 13.8 Å². The first kappa shape index (κ1) is 110. The van der Waals surface area contributed by atoms with Gasteiger partial charge in [-0.25, -0.2) is 44.1 Å². The molecule has 75 heteroatoms. The molecule has 7 aliphatic heterocycles. The van der Waals surface area contributed by atoms with Crippen LogP contribution in [-0.2, 0) is 184 Å². The molecule has 61 nitrogen and oxygen atoms in total. The number of rotatable bonds is 40. The quantitative estimate of drug-likeness (QED) is 0.0131. The summed E-state index contributed by atoms with van der Waals surface area (Å²) in [6, 6.07) is 0. The molecule has 13 N–H and O–H groups in total. The fourth-order valence-electron chi connectivity index (χ4n) is 16.8. The van der Waals surface area contributed by atoms with E-state index in [1.807, 2.05) is 0 Å². The topological polar surface area (TPSA) is 824 Å². The summed E-state index contributed by atoms with van der Waals surface area (Å²) < 4.78 is 148. The summed E-state index contributed by atoms with van der Waals surface area (Å²) in [5.41, 5.74) is 16.6. The molecule has 0 aliphatic carbocycles. The summed E-state index contributed by atoms with van der Waals surface area (Å²) in [5, 5.41) is 0. The second-order valence-corrected chi connectivity index (χ2v) is 52.9. The summed E-state index contributed by atoms with van der Waals surface area (Å²) in [4.78, 5) is 248. The van der Waals surface area contributed by atoms with Crippen molar-refractivity contribution in [3.8, 4) is 0 Å². The van der Waals surface area contributed by atoms with Crippen LogP contribution in [0.2, 0.25) is 0 Å². The van der Waals surface area contributed by atoms with Gasteiger partial charge in [0.25, 0.3) is 27.8 Å². The number of nitrogens with one attached hydrogen (secondary N) is 5. The maximum absolute atomic E-state index is 15.0. The van der Waals surface area contributed by atoms with E-state index in [0.29, 0.717) is 5.56 Å². The summed E-state index contributed by atoms with van der Waals surface area (Å²) in [6.45, 7) is -31.7. The Morgan fingerprint density at radius 3 is 1.02 bits per heavy atom. The third kappa shape index (κ3) is 25.3. The predicted molar refractivity (Wildman–Crippen MR) is 514 cm³/mol. The largest absolute Gasteiger partial charge is 0.780 e. The third-order valence-corrected chi connectivity index (χ3v) is 35.0. The molecule has 146 heavy (non-hydrogen) atoms. The van der Waals surface area contributed by atoms with Crippen LogP contribution in [-0.4, -0.2) is 229 Å². The molecule has 7 fully saturated rings. The van der Waals surface area contributed by atoms with Gasteiger partial charge in [-0.3, -0.25) is 85.4 Å². The Morgan fingerprint density at radius 1 is 0.363 bits per heavy atom. The maximum Gasteiger partial charge on any atom is 0.351 e. The number of nitrogens with zero attached hydrogens (tertiary/aromatic N) is 15. The normalized spacial score (nSPS) is 29.5. The highest BCUT2D eigenvalue weighted by atomic mass is 32.7. The zero-order chi connectivity index (χ0) is 105. The van der Waals surface area contributed by atoms with Gasteiger partial charge < -0.3 is 161 Å². The van der Waals surface area contributed by atoms with Crippen LogP contribution in [0.15, 0.2) is 93.2 Å². The van der Waals surface area contributed by atoms with Crippen LogP contribution in [0.4, 0.5) is 23.5 Å². The number of hydrogen-bond acceptors (Lipinski definition) is 56. The molecule has 0 amide bonds. The van der Waals surface area contributed by atoms with Crippen LogP contribution in [0.3, 0.4) is 0 Å². The van der Waals surface area contributed by atoms with E-state index in [2.05, 4.69) is 64.8 Å². The number of hydrogen-bond donors (Lipinski definition) is 9. The molecule has 7 aliphatic rings. The lowest BCUT2D eigenvalue weighted by molar-refractivity contribution is -0.222. The molecule has 14 unspecified atom stereocenters. The van der Waals surface area contributed by atoms with E-state index >= 15 is 4.57 Å². The summed E-state index contributed by atoms with van der Waals surface area (Å²) in [5.74, 6) is -0.777. The molecule has 0 bridgehead atoms. The smallest absolute Gasteiger partial charge is 0.351 e. The van der Waals surface area contributed by atoms with Crippen molar-refractivity contribution in [3.63, 3.8) is 0 Å². The number of ether oxygens (including phenoxy) is 7. The Balaban J connectivity index is 0.586. The molecule has 17 rings (SSSR count). The van der Waals surface area contributed by atoms with Gasteiger partial charge >= 0.3 is 22.8 Å². The summed E-state index contributed by atoms with van der Waals surface area (Å²) in [7, 11) is 1.02. The van der Waals surface area contributed by atoms with Crippen LogP contribution in [0.5, 0.6) is 0 Å². The van der Waals surface area contributed by atoms with Gasteiger partial charge in [-0.05, 0) is 34.6 Å². The van der Waals surface area contributed by atoms with Crippen LogP contribution in [0, 0.1) is 27.7 Å². The molecular formula is C71H86N24O37P7S7-7. The van der Waals surface area contributed by atoms with Crippen molar-refractivity contribution in [2.45, 2.75) is 209 Å². The minimum Gasteiger partial charge on any atom is -0.780 e. The number of H-pyrrole nitrogens is 5. The number of nitrogen functional groups attached to an aromatic ring is 4. The molecule has 10 aromatic heterocycles. The number of nitrogens with two attached hydrogens (primary N) is 4. The van der Waals surface area contributed by atoms with E-state index in [1.165, 1.54) is 53.2 Å². The van der Waals surface area contributed by atoms with Crippen molar-refractivity contribution < 1.29 is 130 Å². The zero-order valence-corrected chi connectivity index (χ0v) is 88.0. The second kappa shape index (κ2) is 43.7. The van der Waals surface area contributed by atoms with Crippen LogP contribution < -0.4 is 103 Å². The average Bonchev–Trinajstić information content (AvgIpc) is 1.61. The van der Waals surface area contributed by atoms with Crippen molar-refractivity contribution in [2.75, 3.05) is 69.7 Å². The van der Waals surface area contributed by atoms with Gasteiger partial charge in [-0.2, -0.15) is 15.0 Å². The van der Waals surface area contributed by atoms with Gasteiger partial charge in [0.15, 0.2) is 40.6 Å². The zero-order valence-electron chi connectivity index (χ0n) is 76.0. The Hall–Kier alpha value is -7.23. The molecule has 28 atom stereocenters. The fraction of sp³-hybridized carbons (Fsp3) is 0.563. The Bertz CT molecular complexity index is 7650. The maximum atomic E-state index is 15.0. The minimum absolute atomic E-state index is 0.00438. The van der Waals surface area contributed by atoms with Gasteiger partial charge in [0, 0.05) is 99.1 Å². The lowest BCUT2D eigenvalue weighted by Crippen LogP contribution is -2.34. The first-order valence-electron chi connectivity index (χ1n) is 43.4. The van der Waals surface area contributed by atoms with Gasteiger partial charge in [0.1, 0.15) is 138 Å². The lowest BCUT2D eigenvalue weighted by Gasteiger charge is -2.36. The number of aromatic nitrogens is 20. The van der Waals surface area contributed by atoms with Crippen molar-refractivity contribution in [1.29, 1.82) is 0 Å². The summed E-state index contributed by atoms with van der Waals surface area (Å²) in [6.07, 6.45) is -21.8. The fourth-order valence-corrected chi connectivity index (χ4v) is 26.6. The highest BCUT2D eigenvalue weighted by molar-refractivity contribution is 8.32. The monoisotopic (exact) mass is 2310 g/mol. The van der Waals surface area contributed by atoms with Crippen molar-refractivity contribution in [3.05, 3.63) is 166 Å². The SMILES string of the molecule is COP([O-])(=S)OC1C[C@H](n2cc(C)c(N)nc2=O)O[C@@H]1COP([O-])(=S)OC1C[C@H](n2cnc3c(=O)[nH]c(N)nc32)O[C@@H]1COP([O-])(=S)OC1C[C@H](n2cc(C)c(=O)[nH]c2=O)O[C@@H]1COP([O-])(=S)OC1C[C@H](n2cc(C)c(=O)[nH]c2=O)O[C@@H]1COP(=O)([S-])OC1C[C@H](n2cnc3c(=O)[nH]c(N)nc32)O[C@@H]1COP([O-])(=S)OC1C[C@H](n2cnc3c(N)ncnc32)O[C@@H]1COP([O-])(=S)OC1C[C@H](n2cc(C)c(=O)[nH]c2=O)O[C@@H]1C. The van der Waals surface area contributed by atoms with Crippen LogP contribution in [0.1, 0.15) is 118 Å². The van der Waals surface area contributed by atoms with Crippen molar-refractivity contribution >= 4 is 187 Å². The van der Waals surface area contributed by atoms with E-state index in [-0.39, 0.29) is 99.4 Å². The number of imidazole rings is 3. The first-order chi connectivity index (χ1) is 68.7. The number of fused-ring (bicyclic) bond motifs is 3. The van der Waals surface area contributed by atoms with Crippen LogP contribution >= 0.6 is 47.1 Å². The lowest BCUT2D eigenvalue weighted by atomic mass is 10.2. The number of aryl methyl sites for hydroxylation is 4. The van der Waals surface area contributed by atoms with Crippen molar-refractivity contribution in [2.24, 2.45) is 0 Å². The predicted octanol–water partition coefficient (Wildman–Crippen LogP) is -3.80. The molecule has 10 aromatic rings. The molecule has 0 saturated carbocycles.